The summed E-state index contributed by atoms with van der Waals surface area (Å²) in [5, 5.41) is 8.52. The van der Waals surface area contributed by atoms with Crippen LogP contribution in [0.4, 0.5) is 0 Å². The van der Waals surface area contributed by atoms with Crippen LogP contribution in [-0.4, -0.2) is 14.8 Å². The minimum absolute atomic E-state index is 0.00681. The Kier molecular flexibility index (Phi) is 3.50. The number of nitrogens with one attached hydrogen (secondary N) is 1. The molecule has 0 saturated carbocycles. The second kappa shape index (κ2) is 5.81. The Bertz CT molecular complexity index is 1050. The molecule has 2 heterocycles. The van der Waals surface area contributed by atoms with E-state index in [0.29, 0.717) is 0 Å². The monoisotopic (exact) mass is 315 g/mol. The van der Waals surface area contributed by atoms with Crippen molar-refractivity contribution in [1.82, 2.24) is 14.8 Å². The number of rotatable bonds is 3. The van der Waals surface area contributed by atoms with Crippen LogP contribution in [0, 0.1) is 0 Å². The number of para-hydroxylation sites is 1. The zero-order valence-corrected chi connectivity index (χ0v) is 13.4. The highest BCUT2D eigenvalue weighted by Gasteiger charge is 2.14. The molecule has 0 amide bonds. The Morgan fingerprint density at radius 2 is 1.92 bits per heavy atom. The lowest BCUT2D eigenvalue weighted by atomic mass is 10.0. The Morgan fingerprint density at radius 1 is 1.08 bits per heavy atom. The number of benzene rings is 2. The maximum Gasteiger partial charge on any atom is 0.263 e. The summed E-state index contributed by atoms with van der Waals surface area (Å²) in [5.41, 5.74) is 3.72. The Hall–Kier alpha value is -3.14. The van der Waals surface area contributed by atoms with Gasteiger partial charge in [0.05, 0.1) is 11.6 Å². The molecule has 0 radical (unpaired) electrons. The van der Waals surface area contributed by atoms with E-state index in [1.807, 2.05) is 59.3 Å². The fourth-order valence-electron chi connectivity index (χ4n) is 3.17. The third-order valence-corrected chi connectivity index (χ3v) is 4.31. The zero-order chi connectivity index (χ0) is 16.5. The SMILES string of the molecule is CCc1cc2cccc(-c3cn[nH]c3)c2c(=O)n1-c1ccccc1. The van der Waals surface area contributed by atoms with E-state index in [1.165, 1.54) is 0 Å². The molecule has 0 saturated heterocycles. The van der Waals surface area contributed by atoms with Gasteiger partial charge in [-0.3, -0.25) is 14.5 Å². The van der Waals surface area contributed by atoms with Crippen LogP contribution in [0.5, 0.6) is 0 Å². The molecule has 0 atom stereocenters. The summed E-state index contributed by atoms with van der Waals surface area (Å²) in [6.45, 7) is 2.07. The summed E-state index contributed by atoms with van der Waals surface area (Å²) in [7, 11) is 0. The first-order valence-corrected chi connectivity index (χ1v) is 8.02. The van der Waals surface area contributed by atoms with Crippen molar-refractivity contribution < 1.29 is 0 Å². The van der Waals surface area contributed by atoms with Crippen LogP contribution >= 0.6 is 0 Å². The minimum atomic E-state index is 0.00681. The van der Waals surface area contributed by atoms with Crippen LogP contribution in [-0.2, 0) is 6.42 Å². The van der Waals surface area contributed by atoms with Gasteiger partial charge in [-0.05, 0) is 35.6 Å². The normalized spacial score (nSPS) is 11.0. The second-order valence-electron chi connectivity index (χ2n) is 5.72. The number of aromatic nitrogens is 3. The van der Waals surface area contributed by atoms with Crippen molar-refractivity contribution in [2.24, 2.45) is 0 Å². The van der Waals surface area contributed by atoms with Crippen molar-refractivity contribution in [3.05, 3.63) is 83.0 Å². The molecule has 4 aromatic rings. The van der Waals surface area contributed by atoms with E-state index in [1.54, 1.807) is 6.20 Å². The van der Waals surface area contributed by atoms with Crippen molar-refractivity contribution in [3.8, 4) is 16.8 Å². The van der Waals surface area contributed by atoms with Crippen LogP contribution in [0.3, 0.4) is 0 Å². The Morgan fingerprint density at radius 3 is 2.62 bits per heavy atom. The van der Waals surface area contributed by atoms with Crippen LogP contribution in [0.25, 0.3) is 27.6 Å². The number of H-pyrrole nitrogens is 1. The van der Waals surface area contributed by atoms with Crippen molar-refractivity contribution >= 4 is 10.8 Å². The van der Waals surface area contributed by atoms with Gasteiger partial charge in [0.25, 0.3) is 5.56 Å². The number of pyridine rings is 1. The summed E-state index contributed by atoms with van der Waals surface area (Å²) < 4.78 is 1.81. The highest BCUT2D eigenvalue weighted by atomic mass is 16.1. The van der Waals surface area contributed by atoms with E-state index >= 15 is 0 Å². The van der Waals surface area contributed by atoms with Gasteiger partial charge >= 0.3 is 0 Å². The quantitative estimate of drug-likeness (QED) is 0.622. The highest BCUT2D eigenvalue weighted by Crippen LogP contribution is 2.27. The Labute approximate surface area is 139 Å². The van der Waals surface area contributed by atoms with Crippen LogP contribution in [0.15, 0.2) is 71.8 Å². The summed E-state index contributed by atoms with van der Waals surface area (Å²) in [6.07, 6.45) is 4.35. The van der Waals surface area contributed by atoms with E-state index in [0.717, 1.165) is 39.7 Å². The largest absolute Gasteiger partial charge is 0.285 e. The smallest absolute Gasteiger partial charge is 0.263 e. The predicted octanol–water partition coefficient (Wildman–Crippen LogP) is 3.94. The molecule has 2 aromatic heterocycles. The van der Waals surface area contributed by atoms with Gasteiger partial charge in [0.2, 0.25) is 0 Å². The topological polar surface area (TPSA) is 50.7 Å². The molecular weight excluding hydrogens is 298 g/mol. The highest BCUT2D eigenvalue weighted by molar-refractivity contribution is 5.96. The van der Waals surface area contributed by atoms with Gasteiger partial charge in [0.15, 0.2) is 0 Å². The van der Waals surface area contributed by atoms with E-state index in [-0.39, 0.29) is 5.56 Å². The third-order valence-electron chi connectivity index (χ3n) is 4.31. The van der Waals surface area contributed by atoms with Gasteiger partial charge in [0, 0.05) is 23.1 Å². The van der Waals surface area contributed by atoms with Crippen molar-refractivity contribution in [2.75, 3.05) is 0 Å². The number of fused-ring (bicyclic) bond motifs is 1. The van der Waals surface area contributed by atoms with Crippen LogP contribution in [0.1, 0.15) is 12.6 Å². The number of nitrogens with zero attached hydrogens (tertiary/aromatic N) is 2. The molecule has 4 heteroatoms. The van der Waals surface area contributed by atoms with Gasteiger partial charge in [0.1, 0.15) is 0 Å². The van der Waals surface area contributed by atoms with E-state index in [4.69, 9.17) is 0 Å². The maximum absolute atomic E-state index is 13.4. The molecule has 24 heavy (non-hydrogen) atoms. The standard InChI is InChI=1S/C20H17N3O/c1-2-16-11-14-7-6-10-18(15-12-21-22-13-15)19(14)20(24)23(16)17-8-4-3-5-9-17/h3-13H,2H2,1H3,(H,21,22). The van der Waals surface area contributed by atoms with Crippen molar-refractivity contribution in [2.45, 2.75) is 13.3 Å². The first-order valence-electron chi connectivity index (χ1n) is 8.02. The molecule has 0 unspecified atom stereocenters. The first-order chi connectivity index (χ1) is 11.8. The average molecular weight is 315 g/mol. The van der Waals surface area contributed by atoms with Gasteiger partial charge in [-0.1, -0.05) is 43.3 Å². The number of aryl methyl sites for hydroxylation is 1. The van der Waals surface area contributed by atoms with Gasteiger partial charge in [-0.25, -0.2) is 0 Å². The fourth-order valence-corrected chi connectivity index (χ4v) is 3.17. The number of hydrogen-bond acceptors (Lipinski definition) is 2. The molecule has 0 spiro atoms. The molecule has 118 valence electrons. The van der Waals surface area contributed by atoms with Gasteiger partial charge < -0.3 is 0 Å². The maximum atomic E-state index is 13.4. The zero-order valence-electron chi connectivity index (χ0n) is 13.4. The average Bonchev–Trinajstić information content (AvgIpc) is 3.16. The van der Waals surface area contributed by atoms with Crippen molar-refractivity contribution in [3.63, 3.8) is 0 Å². The van der Waals surface area contributed by atoms with Gasteiger partial charge in [-0.2, -0.15) is 5.10 Å². The summed E-state index contributed by atoms with van der Waals surface area (Å²) in [4.78, 5) is 13.4. The van der Waals surface area contributed by atoms with E-state index in [2.05, 4.69) is 23.2 Å². The van der Waals surface area contributed by atoms with Crippen LogP contribution in [0.2, 0.25) is 0 Å². The molecular formula is C20H17N3O. The molecule has 0 aliphatic rings. The summed E-state index contributed by atoms with van der Waals surface area (Å²) >= 11 is 0. The molecule has 0 bridgehead atoms. The lowest BCUT2D eigenvalue weighted by Crippen LogP contribution is -2.22. The van der Waals surface area contributed by atoms with Crippen molar-refractivity contribution in [1.29, 1.82) is 0 Å². The molecule has 0 aliphatic heterocycles. The second-order valence-corrected chi connectivity index (χ2v) is 5.72. The summed E-state index contributed by atoms with van der Waals surface area (Å²) in [6, 6.07) is 17.8. The molecule has 2 aromatic carbocycles. The minimum Gasteiger partial charge on any atom is -0.285 e. The number of hydrogen-bond donors (Lipinski definition) is 1. The molecule has 4 rings (SSSR count). The number of aromatic amines is 1. The molecule has 0 fully saturated rings. The Balaban J connectivity index is 2.12. The summed E-state index contributed by atoms with van der Waals surface area (Å²) in [5.74, 6) is 0. The van der Waals surface area contributed by atoms with Gasteiger partial charge in [-0.15, -0.1) is 0 Å². The lowest BCUT2D eigenvalue weighted by molar-refractivity contribution is 0.889. The van der Waals surface area contributed by atoms with E-state index < -0.39 is 0 Å². The molecule has 0 aliphatic carbocycles. The van der Waals surface area contributed by atoms with Crippen LogP contribution < -0.4 is 5.56 Å². The fraction of sp³-hybridized carbons (Fsp3) is 0.100. The lowest BCUT2D eigenvalue weighted by Gasteiger charge is -2.15. The molecule has 1 N–H and O–H groups in total. The van der Waals surface area contributed by atoms with E-state index in [9.17, 15) is 4.79 Å². The first kappa shape index (κ1) is 14.5. The molecule has 4 nitrogen and oxygen atoms in total. The third kappa shape index (κ3) is 2.24. The predicted molar refractivity (Wildman–Crippen MR) is 96.5 cm³/mol.